The first-order chi connectivity index (χ1) is 9.85. The molecule has 1 unspecified atom stereocenters. The number of halogens is 4. The molecule has 1 atom stereocenters. The molecular formula is C14H10F4O2S. The fraction of sp³-hybridized carbons (Fsp3) is 0.143. The number of rotatable bonds is 4. The Hall–Kier alpha value is -1.89. The molecule has 7 heteroatoms. The van der Waals surface area contributed by atoms with E-state index in [0.717, 1.165) is 12.1 Å². The molecule has 0 N–H and O–H groups in total. The van der Waals surface area contributed by atoms with Gasteiger partial charge in [0, 0.05) is 0 Å². The van der Waals surface area contributed by atoms with E-state index in [9.17, 15) is 21.8 Å². The van der Waals surface area contributed by atoms with E-state index in [1.807, 2.05) is 0 Å². The summed E-state index contributed by atoms with van der Waals surface area (Å²) in [7, 11) is -1.61. The highest BCUT2D eigenvalue weighted by atomic mass is 32.2. The zero-order chi connectivity index (χ0) is 15.5. The van der Waals surface area contributed by atoms with Crippen LogP contribution in [0.1, 0.15) is 5.56 Å². The number of ether oxygens (including phenoxy) is 1. The summed E-state index contributed by atoms with van der Waals surface area (Å²) in [6.45, 7) is 0. The van der Waals surface area contributed by atoms with Crippen LogP contribution >= 0.6 is 0 Å². The second kappa shape index (κ2) is 6.26. The molecule has 112 valence electrons. The smallest absolute Gasteiger partial charge is 0.406 e. The van der Waals surface area contributed by atoms with Crippen molar-refractivity contribution in [1.29, 1.82) is 0 Å². The molecule has 0 bridgehead atoms. The summed E-state index contributed by atoms with van der Waals surface area (Å²) < 4.78 is 65.2. The fourth-order valence-corrected chi connectivity index (χ4v) is 2.81. The van der Waals surface area contributed by atoms with Gasteiger partial charge in [0.25, 0.3) is 0 Å². The Bertz CT molecular complexity index is 638. The van der Waals surface area contributed by atoms with Gasteiger partial charge in [-0.05, 0) is 29.8 Å². The van der Waals surface area contributed by atoms with Crippen LogP contribution in [-0.4, -0.2) is 10.6 Å². The van der Waals surface area contributed by atoms with Crippen LogP contribution in [0.3, 0.4) is 0 Å². The second-order valence-corrected chi connectivity index (χ2v) is 5.53. The van der Waals surface area contributed by atoms with Gasteiger partial charge in [-0.15, -0.1) is 13.2 Å². The van der Waals surface area contributed by atoms with Crippen molar-refractivity contribution in [2.45, 2.75) is 17.0 Å². The third-order valence-electron chi connectivity index (χ3n) is 2.54. The van der Waals surface area contributed by atoms with Crippen molar-refractivity contribution in [3.8, 4) is 5.75 Å². The zero-order valence-electron chi connectivity index (χ0n) is 10.6. The van der Waals surface area contributed by atoms with Gasteiger partial charge in [0.05, 0.1) is 21.4 Å². The van der Waals surface area contributed by atoms with Crippen molar-refractivity contribution in [1.82, 2.24) is 0 Å². The van der Waals surface area contributed by atoms with E-state index < -0.39 is 23.0 Å². The molecule has 0 saturated heterocycles. The summed E-state index contributed by atoms with van der Waals surface area (Å²) in [6.07, 6.45) is -4.75. The lowest BCUT2D eigenvalue weighted by molar-refractivity contribution is -0.274. The minimum Gasteiger partial charge on any atom is -0.406 e. The average molecular weight is 318 g/mol. The van der Waals surface area contributed by atoms with E-state index in [1.165, 1.54) is 30.3 Å². The maximum Gasteiger partial charge on any atom is 0.573 e. The number of alkyl halides is 3. The Morgan fingerprint density at radius 3 is 2.19 bits per heavy atom. The molecule has 2 aromatic carbocycles. The summed E-state index contributed by atoms with van der Waals surface area (Å²) >= 11 is 0. The van der Waals surface area contributed by atoms with E-state index in [1.54, 1.807) is 6.07 Å². The van der Waals surface area contributed by atoms with Crippen LogP contribution in [-0.2, 0) is 16.6 Å². The van der Waals surface area contributed by atoms with Crippen molar-refractivity contribution in [3.05, 3.63) is 59.9 Å². The Labute approximate surface area is 120 Å². The van der Waals surface area contributed by atoms with Gasteiger partial charge in [0.15, 0.2) is 0 Å². The highest BCUT2D eigenvalue weighted by molar-refractivity contribution is 7.84. The lowest BCUT2D eigenvalue weighted by atomic mass is 10.2. The molecule has 0 aliphatic rings. The minimum atomic E-state index is -4.75. The van der Waals surface area contributed by atoms with Gasteiger partial charge in [0.1, 0.15) is 11.6 Å². The van der Waals surface area contributed by atoms with E-state index >= 15 is 0 Å². The number of benzene rings is 2. The SMILES string of the molecule is O=S(Cc1ccc(OC(F)(F)F)cc1)c1ccccc1F. The number of hydrogen-bond donors (Lipinski definition) is 0. The molecular weight excluding hydrogens is 308 g/mol. The van der Waals surface area contributed by atoms with Gasteiger partial charge in [-0.3, -0.25) is 4.21 Å². The summed E-state index contributed by atoms with van der Waals surface area (Å²) in [6, 6.07) is 10.6. The summed E-state index contributed by atoms with van der Waals surface area (Å²) in [5.41, 5.74) is 0.520. The molecule has 0 radical (unpaired) electrons. The zero-order valence-corrected chi connectivity index (χ0v) is 11.4. The topological polar surface area (TPSA) is 26.3 Å². The monoisotopic (exact) mass is 318 g/mol. The highest BCUT2D eigenvalue weighted by Crippen LogP contribution is 2.23. The normalized spacial score (nSPS) is 13.0. The minimum absolute atomic E-state index is 0.00717. The largest absolute Gasteiger partial charge is 0.573 e. The Balaban J connectivity index is 2.07. The maximum absolute atomic E-state index is 13.5. The molecule has 2 nitrogen and oxygen atoms in total. The molecule has 21 heavy (non-hydrogen) atoms. The van der Waals surface area contributed by atoms with Crippen LogP contribution < -0.4 is 4.74 Å². The van der Waals surface area contributed by atoms with Crippen molar-refractivity contribution < 1.29 is 26.5 Å². The van der Waals surface area contributed by atoms with Gasteiger partial charge in [0.2, 0.25) is 0 Å². The molecule has 0 aliphatic carbocycles. The average Bonchev–Trinajstić information content (AvgIpc) is 2.40. The van der Waals surface area contributed by atoms with E-state index in [4.69, 9.17) is 0 Å². The lowest BCUT2D eigenvalue weighted by Gasteiger charge is -2.09. The Morgan fingerprint density at radius 2 is 1.62 bits per heavy atom. The van der Waals surface area contributed by atoms with Gasteiger partial charge in [-0.25, -0.2) is 4.39 Å². The molecule has 0 aromatic heterocycles. The predicted molar refractivity (Wildman–Crippen MR) is 69.6 cm³/mol. The maximum atomic E-state index is 13.5. The quantitative estimate of drug-likeness (QED) is 0.796. The second-order valence-electron chi connectivity index (χ2n) is 4.11. The van der Waals surface area contributed by atoms with Crippen molar-refractivity contribution in [2.75, 3.05) is 0 Å². The van der Waals surface area contributed by atoms with Crippen LogP contribution in [0.15, 0.2) is 53.4 Å². The van der Waals surface area contributed by atoms with Crippen molar-refractivity contribution >= 4 is 10.8 Å². The Kier molecular flexibility index (Phi) is 4.62. The third kappa shape index (κ3) is 4.56. The molecule has 0 heterocycles. The fourth-order valence-electron chi connectivity index (χ4n) is 1.65. The number of hydrogen-bond acceptors (Lipinski definition) is 2. The van der Waals surface area contributed by atoms with Crippen LogP contribution in [0, 0.1) is 5.82 Å². The van der Waals surface area contributed by atoms with Crippen LogP contribution in [0.5, 0.6) is 5.75 Å². The standard InChI is InChI=1S/C14H10F4O2S/c15-12-3-1-2-4-13(12)21(19)9-10-5-7-11(8-6-10)20-14(16,17)18/h1-8H,9H2. The molecule has 0 aliphatic heterocycles. The van der Waals surface area contributed by atoms with Crippen molar-refractivity contribution in [3.63, 3.8) is 0 Å². The lowest BCUT2D eigenvalue weighted by Crippen LogP contribution is -2.17. The first-order valence-corrected chi connectivity index (χ1v) is 7.14. The third-order valence-corrected chi connectivity index (χ3v) is 3.95. The first kappa shape index (κ1) is 15.5. The van der Waals surface area contributed by atoms with E-state index in [2.05, 4.69) is 4.74 Å². The van der Waals surface area contributed by atoms with Gasteiger partial charge in [-0.1, -0.05) is 24.3 Å². The molecule has 0 fully saturated rings. The van der Waals surface area contributed by atoms with Gasteiger partial charge >= 0.3 is 6.36 Å². The molecule has 0 spiro atoms. The van der Waals surface area contributed by atoms with Crippen LogP contribution in [0.4, 0.5) is 17.6 Å². The predicted octanol–water partition coefficient (Wildman–Crippen LogP) is 4.03. The van der Waals surface area contributed by atoms with E-state index in [-0.39, 0.29) is 16.4 Å². The van der Waals surface area contributed by atoms with Gasteiger partial charge in [-0.2, -0.15) is 0 Å². The molecule has 0 saturated carbocycles. The summed E-state index contributed by atoms with van der Waals surface area (Å²) in [5, 5.41) is 0. The Morgan fingerprint density at radius 1 is 1.00 bits per heavy atom. The van der Waals surface area contributed by atoms with Crippen LogP contribution in [0.2, 0.25) is 0 Å². The molecule has 2 rings (SSSR count). The molecule has 0 amide bonds. The van der Waals surface area contributed by atoms with E-state index in [0.29, 0.717) is 5.56 Å². The highest BCUT2D eigenvalue weighted by Gasteiger charge is 2.30. The summed E-state index contributed by atoms with van der Waals surface area (Å²) in [4.78, 5) is 0.0631. The van der Waals surface area contributed by atoms with Gasteiger partial charge < -0.3 is 4.74 Å². The molecule has 2 aromatic rings. The summed E-state index contributed by atoms with van der Waals surface area (Å²) in [5.74, 6) is -0.927. The van der Waals surface area contributed by atoms with Crippen LogP contribution in [0.25, 0.3) is 0 Å². The first-order valence-electron chi connectivity index (χ1n) is 5.83. The van der Waals surface area contributed by atoms with Crippen molar-refractivity contribution in [2.24, 2.45) is 0 Å².